The fourth-order valence-corrected chi connectivity index (χ4v) is 1.02. The lowest BCUT2D eigenvalue weighted by Crippen LogP contribution is -2.35. The summed E-state index contributed by atoms with van der Waals surface area (Å²) in [6.07, 6.45) is 2.65. The highest BCUT2D eigenvalue weighted by Crippen LogP contribution is 2.02. The summed E-state index contributed by atoms with van der Waals surface area (Å²) in [6.45, 7) is 2.31. The molecule has 0 saturated carbocycles. The van der Waals surface area contributed by atoms with Gasteiger partial charge in [-0.05, 0) is 22.2 Å². The molecule has 1 aliphatic heterocycles. The Morgan fingerprint density at radius 2 is 2.29 bits per heavy atom. The van der Waals surface area contributed by atoms with Gasteiger partial charge in [-0.15, -0.1) is 0 Å². The molecule has 1 saturated heterocycles. The van der Waals surface area contributed by atoms with E-state index in [9.17, 15) is 0 Å². The summed E-state index contributed by atoms with van der Waals surface area (Å²) in [7, 11) is 2.63. The van der Waals surface area contributed by atoms with E-state index in [4.69, 9.17) is 0 Å². The Morgan fingerprint density at radius 3 is 2.57 bits per heavy atom. The molecule has 0 bridgehead atoms. The van der Waals surface area contributed by atoms with E-state index >= 15 is 0 Å². The number of hydrogen-bond donors (Lipinski definition) is 1. The van der Waals surface area contributed by atoms with E-state index in [1.807, 2.05) is 0 Å². The second-order valence-electron chi connectivity index (χ2n) is 1.81. The molecule has 1 fully saturated rings. The predicted octanol–water partition coefficient (Wildman–Crippen LogP) is 0.377. The zero-order valence-electron chi connectivity index (χ0n) is 4.35. The predicted molar refractivity (Wildman–Crippen MR) is 33.7 cm³/mol. The normalized spacial score (nSPS) is 25.3. The molecule has 0 amide bonds. The summed E-state index contributed by atoms with van der Waals surface area (Å²) in [6, 6.07) is 0. The number of nitrogens with zero attached hydrogens (tertiary/aromatic N) is 1. The van der Waals surface area contributed by atoms with Crippen LogP contribution in [0, 0.1) is 0 Å². The third-order valence-corrected chi connectivity index (χ3v) is 1.58. The molecule has 2 nitrogen and oxygen atoms in total. The smallest absolute Gasteiger partial charge is 0.0166 e. The summed E-state index contributed by atoms with van der Waals surface area (Å²) in [5.74, 6) is 0. The molecule has 0 aromatic heterocycles. The molecule has 0 aromatic rings. The Kier molecular flexibility index (Phi) is 2.04. The van der Waals surface area contributed by atoms with Crippen LogP contribution in [0.1, 0.15) is 12.8 Å². The fraction of sp³-hybridized carbons (Fsp3) is 1.00. The second kappa shape index (κ2) is 2.61. The van der Waals surface area contributed by atoms with Crippen LogP contribution in [0.15, 0.2) is 0 Å². The minimum atomic E-state index is 1.14. The third kappa shape index (κ3) is 1.72. The van der Waals surface area contributed by atoms with Crippen molar-refractivity contribution in [2.45, 2.75) is 12.8 Å². The van der Waals surface area contributed by atoms with Gasteiger partial charge in [-0.2, -0.15) is 0 Å². The SMILES string of the molecule is PN1CCCCN1. The summed E-state index contributed by atoms with van der Waals surface area (Å²) in [5, 5.41) is 0. The van der Waals surface area contributed by atoms with Crippen LogP contribution < -0.4 is 5.43 Å². The fourth-order valence-electron chi connectivity index (χ4n) is 0.709. The maximum atomic E-state index is 3.18. The van der Waals surface area contributed by atoms with Gasteiger partial charge in [0.1, 0.15) is 0 Å². The van der Waals surface area contributed by atoms with Crippen molar-refractivity contribution in [2.24, 2.45) is 0 Å². The molecule has 0 aromatic carbocycles. The molecular formula is C4H11N2P. The van der Waals surface area contributed by atoms with Crippen molar-refractivity contribution in [1.82, 2.24) is 10.2 Å². The number of nitrogens with one attached hydrogen (secondary N) is 1. The van der Waals surface area contributed by atoms with E-state index in [1.165, 1.54) is 19.4 Å². The van der Waals surface area contributed by atoms with E-state index < -0.39 is 0 Å². The van der Waals surface area contributed by atoms with Crippen LogP contribution in [-0.4, -0.2) is 17.9 Å². The highest BCUT2D eigenvalue weighted by atomic mass is 31.0. The highest BCUT2D eigenvalue weighted by Gasteiger charge is 2.01. The number of hydrogen-bond acceptors (Lipinski definition) is 2. The van der Waals surface area contributed by atoms with Crippen LogP contribution in [0.2, 0.25) is 0 Å². The van der Waals surface area contributed by atoms with Gasteiger partial charge in [0.2, 0.25) is 0 Å². The van der Waals surface area contributed by atoms with Crippen LogP contribution in [-0.2, 0) is 0 Å². The molecule has 1 atom stereocenters. The van der Waals surface area contributed by atoms with Crippen LogP contribution in [0.5, 0.6) is 0 Å². The van der Waals surface area contributed by atoms with Gasteiger partial charge in [-0.25, -0.2) is 4.78 Å². The largest absolute Gasteiger partial charge is 0.252 e. The van der Waals surface area contributed by atoms with Gasteiger partial charge in [0.15, 0.2) is 0 Å². The zero-order chi connectivity index (χ0) is 5.11. The molecule has 0 spiro atoms. The molecule has 1 unspecified atom stereocenters. The third-order valence-electron chi connectivity index (χ3n) is 1.14. The Morgan fingerprint density at radius 1 is 1.43 bits per heavy atom. The quantitative estimate of drug-likeness (QED) is 0.462. The van der Waals surface area contributed by atoms with Crippen molar-refractivity contribution < 1.29 is 0 Å². The Hall–Kier alpha value is 0.350. The first-order valence-electron chi connectivity index (χ1n) is 2.65. The summed E-state index contributed by atoms with van der Waals surface area (Å²) in [5.41, 5.74) is 3.18. The van der Waals surface area contributed by atoms with E-state index in [-0.39, 0.29) is 0 Å². The van der Waals surface area contributed by atoms with Crippen molar-refractivity contribution in [1.29, 1.82) is 0 Å². The molecule has 1 rings (SSSR count). The highest BCUT2D eigenvalue weighted by molar-refractivity contribution is 7.13. The zero-order valence-corrected chi connectivity index (χ0v) is 5.51. The van der Waals surface area contributed by atoms with Crippen LogP contribution >= 0.6 is 9.39 Å². The van der Waals surface area contributed by atoms with E-state index in [0.29, 0.717) is 0 Å². The Balaban J connectivity index is 2.12. The maximum absolute atomic E-state index is 3.18. The van der Waals surface area contributed by atoms with E-state index in [0.717, 1.165) is 6.54 Å². The summed E-state index contributed by atoms with van der Waals surface area (Å²) >= 11 is 0. The first-order valence-corrected chi connectivity index (χ1v) is 3.17. The lowest BCUT2D eigenvalue weighted by Gasteiger charge is -2.22. The maximum Gasteiger partial charge on any atom is 0.0166 e. The van der Waals surface area contributed by atoms with Gasteiger partial charge in [-0.1, -0.05) is 0 Å². The lowest BCUT2D eigenvalue weighted by molar-refractivity contribution is 0.293. The monoisotopic (exact) mass is 118 g/mol. The summed E-state index contributed by atoms with van der Waals surface area (Å²) in [4.78, 5) is 0. The molecular weight excluding hydrogens is 107 g/mol. The molecule has 1 N–H and O–H groups in total. The van der Waals surface area contributed by atoms with E-state index in [1.54, 1.807) is 0 Å². The minimum Gasteiger partial charge on any atom is -0.252 e. The lowest BCUT2D eigenvalue weighted by atomic mass is 10.3. The van der Waals surface area contributed by atoms with Crippen molar-refractivity contribution >= 4 is 9.39 Å². The molecule has 1 heterocycles. The minimum absolute atomic E-state index is 1.14. The van der Waals surface area contributed by atoms with Gasteiger partial charge >= 0.3 is 0 Å². The van der Waals surface area contributed by atoms with Gasteiger partial charge < -0.3 is 0 Å². The van der Waals surface area contributed by atoms with Crippen molar-refractivity contribution in [3.05, 3.63) is 0 Å². The standard InChI is InChI=1S/C4H11N2P/c7-6-4-2-1-3-5-6/h5H,1-4,7H2. The summed E-state index contributed by atoms with van der Waals surface area (Å²) < 4.78 is 2.06. The molecule has 3 heteroatoms. The van der Waals surface area contributed by atoms with E-state index in [2.05, 4.69) is 19.6 Å². The number of rotatable bonds is 0. The van der Waals surface area contributed by atoms with Crippen LogP contribution in [0.3, 0.4) is 0 Å². The van der Waals surface area contributed by atoms with Gasteiger partial charge in [0.25, 0.3) is 0 Å². The Labute approximate surface area is 46.5 Å². The van der Waals surface area contributed by atoms with Crippen molar-refractivity contribution in [3.8, 4) is 0 Å². The van der Waals surface area contributed by atoms with Gasteiger partial charge in [-0.3, -0.25) is 5.43 Å². The topological polar surface area (TPSA) is 15.3 Å². The molecule has 7 heavy (non-hydrogen) atoms. The van der Waals surface area contributed by atoms with Gasteiger partial charge in [0.05, 0.1) is 0 Å². The first kappa shape index (κ1) is 5.49. The molecule has 0 aliphatic carbocycles. The molecule has 0 radical (unpaired) electrons. The average molecular weight is 118 g/mol. The Bertz CT molecular complexity index is 51.7. The second-order valence-corrected chi connectivity index (χ2v) is 2.43. The van der Waals surface area contributed by atoms with Gasteiger partial charge in [0, 0.05) is 13.1 Å². The number of hydrazine groups is 1. The van der Waals surface area contributed by atoms with Crippen LogP contribution in [0.25, 0.3) is 0 Å². The van der Waals surface area contributed by atoms with Crippen molar-refractivity contribution in [3.63, 3.8) is 0 Å². The molecule has 42 valence electrons. The van der Waals surface area contributed by atoms with Crippen LogP contribution in [0.4, 0.5) is 0 Å². The average Bonchev–Trinajstić information content (AvgIpc) is 1.69. The molecule has 1 aliphatic rings. The van der Waals surface area contributed by atoms with Crippen molar-refractivity contribution in [2.75, 3.05) is 13.1 Å². The first-order chi connectivity index (χ1) is 3.39.